The van der Waals surface area contributed by atoms with Crippen molar-refractivity contribution in [1.82, 2.24) is 4.31 Å². The van der Waals surface area contributed by atoms with Crippen LogP contribution in [0.5, 0.6) is 0 Å². The third-order valence-corrected chi connectivity index (χ3v) is 4.19. The Kier molecular flexibility index (Phi) is 4.25. The number of hydrogen-bond acceptors (Lipinski definition) is 3. The molecule has 0 unspecified atom stereocenters. The van der Waals surface area contributed by atoms with Gasteiger partial charge in [0.2, 0.25) is 15.9 Å². The first-order valence-corrected chi connectivity index (χ1v) is 6.58. The normalized spacial score (nSPS) is 11.7. The van der Waals surface area contributed by atoms with Gasteiger partial charge in [0, 0.05) is 20.5 Å². The maximum absolute atomic E-state index is 11.8. The zero-order valence-corrected chi connectivity index (χ0v) is 10.7. The summed E-state index contributed by atoms with van der Waals surface area (Å²) in [6.45, 7) is 0. The molecule has 1 rings (SSSR count). The minimum Gasteiger partial charge on any atom is -0.370 e. The number of aryl methyl sites for hydroxylation is 1. The van der Waals surface area contributed by atoms with Gasteiger partial charge in [-0.15, -0.1) is 0 Å². The maximum Gasteiger partial charge on any atom is 0.242 e. The van der Waals surface area contributed by atoms with Crippen LogP contribution in [0.3, 0.4) is 0 Å². The standard InChI is InChI=1S/C11H16N2O3S/c1-13(2)17(15,16)10-6-3-9(4-7-10)5-8-11(12)14/h3-4,6-7H,5,8H2,1-2H3,(H2,12,14). The van der Waals surface area contributed by atoms with Crippen LogP contribution in [-0.2, 0) is 21.2 Å². The van der Waals surface area contributed by atoms with E-state index >= 15 is 0 Å². The van der Waals surface area contributed by atoms with Crippen LogP contribution < -0.4 is 5.73 Å². The number of primary amides is 1. The van der Waals surface area contributed by atoms with Crippen molar-refractivity contribution < 1.29 is 13.2 Å². The van der Waals surface area contributed by atoms with E-state index in [2.05, 4.69) is 0 Å². The van der Waals surface area contributed by atoms with Gasteiger partial charge in [0.1, 0.15) is 0 Å². The molecule has 0 atom stereocenters. The monoisotopic (exact) mass is 256 g/mol. The number of benzene rings is 1. The summed E-state index contributed by atoms with van der Waals surface area (Å²) < 4.78 is 24.7. The number of carbonyl (C=O) groups excluding carboxylic acids is 1. The fourth-order valence-electron chi connectivity index (χ4n) is 1.31. The Labute approximate surface area is 101 Å². The summed E-state index contributed by atoms with van der Waals surface area (Å²) in [7, 11) is -0.418. The maximum atomic E-state index is 11.8. The summed E-state index contributed by atoms with van der Waals surface area (Å²) in [5, 5.41) is 0. The quantitative estimate of drug-likeness (QED) is 0.825. The largest absolute Gasteiger partial charge is 0.370 e. The summed E-state index contributed by atoms with van der Waals surface area (Å²) in [6, 6.07) is 6.45. The van der Waals surface area contributed by atoms with E-state index in [9.17, 15) is 13.2 Å². The predicted octanol–water partition coefficient (Wildman–Crippen LogP) is 0.355. The second-order valence-corrected chi connectivity index (χ2v) is 6.05. The highest BCUT2D eigenvalue weighted by molar-refractivity contribution is 7.89. The Hall–Kier alpha value is -1.40. The van der Waals surface area contributed by atoms with Gasteiger partial charge in [0.25, 0.3) is 0 Å². The van der Waals surface area contributed by atoms with Crippen LogP contribution in [0, 0.1) is 0 Å². The summed E-state index contributed by atoms with van der Waals surface area (Å²) in [5.74, 6) is -0.366. The number of amides is 1. The van der Waals surface area contributed by atoms with Crippen molar-refractivity contribution in [2.24, 2.45) is 5.73 Å². The van der Waals surface area contributed by atoms with Gasteiger partial charge in [-0.1, -0.05) is 12.1 Å². The molecule has 5 nitrogen and oxygen atoms in total. The first-order chi connectivity index (χ1) is 7.84. The van der Waals surface area contributed by atoms with Gasteiger partial charge >= 0.3 is 0 Å². The van der Waals surface area contributed by atoms with Crippen molar-refractivity contribution in [2.45, 2.75) is 17.7 Å². The molecule has 0 bridgehead atoms. The topological polar surface area (TPSA) is 80.5 Å². The second kappa shape index (κ2) is 5.29. The van der Waals surface area contributed by atoms with E-state index in [0.29, 0.717) is 6.42 Å². The van der Waals surface area contributed by atoms with Crippen LogP contribution in [0.2, 0.25) is 0 Å². The van der Waals surface area contributed by atoms with Crippen LogP contribution in [0.25, 0.3) is 0 Å². The van der Waals surface area contributed by atoms with Crippen LogP contribution >= 0.6 is 0 Å². The van der Waals surface area contributed by atoms with Crippen molar-refractivity contribution in [3.05, 3.63) is 29.8 Å². The Morgan fingerprint density at radius 1 is 1.24 bits per heavy atom. The molecule has 0 saturated carbocycles. The zero-order valence-electron chi connectivity index (χ0n) is 9.88. The SMILES string of the molecule is CN(C)S(=O)(=O)c1ccc(CCC(N)=O)cc1. The van der Waals surface area contributed by atoms with E-state index in [1.165, 1.54) is 26.2 Å². The lowest BCUT2D eigenvalue weighted by Gasteiger charge is -2.11. The summed E-state index contributed by atoms with van der Waals surface area (Å²) in [6.07, 6.45) is 0.789. The first kappa shape index (κ1) is 13.7. The van der Waals surface area contributed by atoms with Crippen molar-refractivity contribution in [3.8, 4) is 0 Å². The molecule has 1 aromatic carbocycles. The molecule has 0 aromatic heterocycles. The molecule has 0 fully saturated rings. The highest BCUT2D eigenvalue weighted by atomic mass is 32.2. The fraction of sp³-hybridized carbons (Fsp3) is 0.364. The Morgan fingerprint density at radius 2 is 1.76 bits per heavy atom. The third kappa shape index (κ3) is 3.54. The van der Waals surface area contributed by atoms with E-state index in [1.54, 1.807) is 12.1 Å². The van der Waals surface area contributed by atoms with Gasteiger partial charge in [-0.25, -0.2) is 12.7 Å². The predicted molar refractivity (Wildman–Crippen MR) is 64.8 cm³/mol. The minimum atomic E-state index is -3.38. The molecule has 0 aliphatic heterocycles. The van der Waals surface area contributed by atoms with Gasteiger partial charge in [-0.05, 0) is 24.1 Å². The fourth-order valence-corrected chi connectivity index (χ4v) is 2.21. The number of nitrogens with zero attached hydrogens (tertiary/aromatic N) is 1. The molecule has 1 aromatic rings. The average molecular weight is 256 g/mol. The number of carbonyl (C=O) groups is 1. The molecule has 1 amide bonds. The van der Waals surface area contributed by atoms with Crippen LogP contribution in [-0.4, -0.2) is 32.7 Å². The first-order valence-electron chi connectivity index (χ1n) is 5.14. The number of rotatable bonds is 5. The van der Waals surface area contributed by atoms with E-state index < -0.39 is 10.0 Å². The van der Waals surface area contributed by atoms with Crippen molar-refractivity contribution in [3.63, 3.8) is 0 Å². The summed E-state index contributed by atoms with van der Waals surface area (Å²) >= 11 is 0. The van der Waals surface area contributed by atoms with Crippen LogP contribution in [0.15, 0.2) is 29.2 Å². The molecule has 0 spiro atoms. The number of hydrogen-bond donors (Lipinski definition) is 1. The molecular formula is C11H16N2O3S. The smallest absolute Gasteiger partial charge is 0.242 e. The molecule has 2 N–H and O–H groups in total. The average Bonchev–Trinajstić information content (AvgIpc) is 2.26. The molecule has 0 saturated heterocycles. The third-order valence-electron chi connectivity index (χ3n) is 2.36. The van der Waals surface area contributed by atoms with Crippen molar-refractivity contribution in [2.75, 3.05) is 14.1 Å². The highest BCUT2D eigenvalue weighted by Gasteiger charge is 2.16. The molecular weight excluding hydrogens is 240 g/mol. The lowest BCUT2D eigenvalue weighted by Crippen LogP contribution is -2.22. The Morgan fingerprint density at radius 3 is 2.18 bits per heavy atom. The Balaban J connectivity index is 2.85. The van der Waals surface area contributed by atoms with Crippen molar-refractivity contribution >= 4 is 15.9 Å². The second-order valence-electron chi connectivity index (χ2n) is 3.90. The lowest BCUT2D eigenvalue weighted by molar-refractivity contribution is -0.117. The summed E-state index contributed by atoms with van der Waals surface area (Å²) in [5.41, 5.74) is 5.93. The van der Waals surface area contributed by atoms with E-state index in [4.69, 9.17) is 5.73 Å². The highest BCUT2D eigenvalue weighted by Crippen LogP contribution is 2.14. The minimum absolute atomic E-state index is 0.241. The van der Waals surface area contributed by atoms with E-state index in [0.717, 1.165) is 9.87 Å². The molecule has 0 aliphatic carbocycles. The van der Waals surface area contributed by atoms with Crippen LogP contribution in [0.1, 0.15) is 12.0 Å². The van der Waals surface area contributed by atoms with Crippen LogP contribution in [0.4, 0.5) is 0 Å². The lowest BCUT2D eigenvalue weighted by atomic mass is 10.1. The molecule has 0 aliphatic rings. The molecule has 94 valence electrons. The van der Waals surface area contributed by atoms with Crippen molar-refractivity contribution in [1.29, 1.82) is 0 Å². The van der Waals surface area contributed by atoms with Gasteiger partial charge in [-0.2, -0.15) is 0 Å². The zero-order chi connectivity index (χ0) is 13.1. The molecule has 6 heteroatoms. The van der Waals surface area contributed by atoms with Gasteiger partial charge in [-0.3, -0.25) is 4.79 Å². The van der Waals surface area contributed by atoms with Gasteiger partial charge < -0.3 is 5.73 Å². The van der Waals surface area contributed by atoms with Gasteiger partial charge in [0.05, 0.1) is 4.90 Å². The number of nitrogens with two attached hydrogens (primary N) is 1. The van der Waals surface area contributed by atoms with E-state index in [1.807, 2.05) is 0 Å². The number of sulfonamides is 1. The molecule has 17 heavy (non-hydrogen) atoms. The molecule has 0 heterocycles. The van der Waals surface area contributed by atoms with E-state index in [-0.39, 0.29) is 17.2 Å². The van der Waals surface area contributed by atoms with Gasteiger partial charge in [0.15, 0.2) is 0 Å². The molecule has 0 radical (unpaired) electrons. The summed E-state index contributed by atoms with van der Waals surface area (Å²) in [4.78, 5) is 10.8. The Bertz CT molecular complexity index is 492.